The number of amides is 1. The van der Waals surface area contributed by atoms with Gasteiger partial charge in [0.1, 0.15) is 11.6 Å². The van der Waals surface area contributed by atoms with E-state index in [-0.39, 0.29) is 29.5 Å². The van der Waals surface area contributed by atoms with E-state index in [0.717, 1.165) is 63.0 Å². The maximum Gasteiger partial charge on any atom is 0.416 e. The molecule has 2 bridgehead atoms. The van der Waals surface area contributed by atoms with Gasteiger partial charge in [-0.3, -0.25) is 9.69 Å². The molecule has 212 valence electrons. The first-order valence-electron chi connectivity index (χ1n) is 12.9. The van der Waals surface area contributed by atoms with Gasteiger partial charge >= 0.3 is 6.18 Å². The molecule has 3 fully saturated rings. The zero-order valence-corrected chi connectivity index (χ0v) is 22.8. The Hall–Kier alpha value is -2.37. The molecule has 3 atom stereocenters. The van der Waals surface area contributed by atoms with Crippen LogP contribution in [0.5, 0.6) is 5.75 Å². The molecule has 6 nitrogen and oxygen atoms in total. The lowest BCUT2D eigenvalue weighted by atomic mass is 9.90. The minimum Gasteiger partial charge on any atom is -0.493 e. The Kier molecular flexibility index (Phi) is 7.62. The average molecular weight is 589 g/mol. The summed E-state index contributed by atoms with van der Waals surface area (Å²) in [6, 6.07) is 6.33. The summed E-state index contributed by atoms with van der Waals surface area (Å²) in [6.07, 6.45) is 1.59. The van der Waals surface area contributed by atoms with Crippen molar-refractivity contribution in [1.82, 2.24) is 9.62 Å². The molecule has 1 aliphatic carbocycles. The number of alkyl halides is 3. The number of hydrogen-bond acceptors (Lipinski definition) is 5. The van der Waals surface area contributed by atoms with Gasteiger partial charge in [0.25, 0.3) is 5.91 Å². The van der Waals surface area contributed by atoms with Crippen molar-refractivity contribution in [2.45, 2.75) is 69.2 Å². The van der Waals surface area contributed by atoms with Gasteiger partial charge < -0.3 is 4.74 Å². The van der Waals surface area contributed by atoms with Gasteiger partial charge in [-0.25, -0.2) is 17.5 Å². The van der Waals surface area contributed by atoms with Crippen LogP contribution in [-0.2, 0) is 22.7 Å². The smallest absolute Gasteiger partial charge is 0.416 e. The van der Waals surface area contributed by atoms with Crippen molar-refractivity contribution in [3.8, 4) is 5.75 Å². The number of nitrogens with one attached hydrogen (secondary N) is 1. The molecule has 0 radical (unpaired) electrons. The summed E-state index contributed by atoms with van der Waals surface area (Å²) in [6.45, 7) is 0.693. The molecule has 0 spiro atoms. The second-order valence-corrected chi connectivity index (χ2v) is 13.0. The standard InChI is InChI=1S/C27H29ClF4N2O4S/c1-39(36,37)33-26(35)22-11-21(16-2-3-16)25(12-24(22)29)38-14-15-8-19-5-6-20(9-15)34(19)13-17-10-18(27(30,31)32)4-7-23(17)28/h4,7,10-12,15-16,19-20H,2-3,5-6,8-9,13-14H2,1H3,(H,33,35)/t15?,19-,20+. The van der Waals surface area contributed by atoms with E-state index < -0.39 is 33.5 Å². The van der Waals surface area contributed by atoms with Gasteiger partial charge in [-0.2, -0.15) is 13.2 Å². The number of hydrogen-bond donors (Lipinski definition) is 1. The lowest BCUT2D eigenvalue weighted by Gasteiger charge is -2.39. The fraction of sp³-hybridized carbons (Fsp3) is 0.519. The molecule has 2 saturated heterocycles. The molecule has 1 N–H and O–H groups in total. The minimum atomic E-state index is -4.43. The molecule has 2 aliphatic heterocycles. The number of benzene rings is 2. The third-order valence-electron chi connectivity index (χ3n) is 7.82. The fourth-order valence-electron chi connectivity index (χ4n) is 5.87. The van der Waals surface area contributed by atoms with Crippen molar-refractivity contribution in [2.24, 2.45) is 5.92 Å². The quantitative estimate of drug-likeness (QED) is 0.390. The Bertz CT molecular complexity index is 1370. The molecule has 2 heterocycles. The van der Waals surface area contributed by atoms with Crippen LogP contribution < -0.4 is 9.46 Å². The number of sulfonamides is 1. The number of piperidine rings is 1. The maximum absolute atomic E-state index is 14.8. The number of carbonyl (C=O) groups excluding carboxylic acids is 1. The van der Waals surface area contributed by atoms with E-state index in [0.29, 0.717) is 35.1 Å². The van der Waals surface area contributed by atoms with Crippen LogP contribution in [0, 0.1) is 11.7 Å². The molecular formula is C27H29ClF4N2O4S. The largest absolute Gasteiger partial charge is 0.493 e. The number of carbonyl (C=O) groups is 1. The van der Waals surface area contributed by atoms with Crippen LogP contribution in [0.4, 0.5) is 17.6 Å². The van der Waals surface area contributed by atoms with E-state index in [1.165, 1.54) is 12.1 Å². The highest BCUT2D eigenvalue weighted by atomic mass is 35.5. The van der Waals surface area contributed by atoms with Crippen LogP contribution >= 0.6 is 11.6 Å². The number of ether oxygens (including phenoxy) is 1. The third kappa shape index (κ3) is 6.52. The molecule has 2 aromatic rings. The Morgan fingerprint density at radius 3 is 2.36 bits per heavy atom. The first kappa shape index (κ1) is 28.2. The normalized spacial score (nSPS) is 23.6. The number of rotatable bonds is 8. The number of nitrogens with zero attached hydrogens (tertiary/aromatic N) is 1. The molecule has 1 amide bonds. The number of fused-ring (bicyclic) bond motifs is 2. The molecule has 3 aliphatic rings. The third-order valence-corrected chi connectivity index (χ3v) is 8.75. The molecule has 5 rings (SSSR count). The monoisotopic (exact) mass is 588 g/mol. The first-order valence-corrected chi connectivity index (χ1v) is 15.1. The van der Waals surface area contributed by atoms with Crippen LogP contribution in [0.3, 0.4) is 0 Å². The van der Waals surface area contributed by atoms with E-state index >= 15 is 0 Å². The SMILES string of the molecule is CS(=O)(=O)NC(=O)c1cc(C2CC2)c(OCC2C[C@H]3CC[C@@H](C2)N3Cc2cc(C(F)(F)F)ccc2Cl)cc1F. The zero-order chi connectivity index (χ0) is 28.1. The van der Waals surface area contributed by atoms with Crippen molar-refractivity contribution >= 4 is 27.5 Å². The summed E-state index contributed by atoms with van der Waals surface area (Å²) in [7, 11) is -3.84. The maximum atomic E-state index is 14.8. The lowest BCUT2D eigenvalue weighted by Crippen LogP contribution is -2.43. The van der Waals surface area contributed by atoms with Gasteiger partial charge in [0.05, 0.1) is 24.0 Å². The van der Waals surface area contributed by atoms with E-state index in [1.807, 2.05) is 0 Å². The summed E-state index contributed by atoms with van der Waals surface area (Å²) >= 11 is 6.25. The predicted octanol–water partition coefficient (Wildman–Crippen LogP) is 5.89. The van der Waals surface area contributed by atoms with E-state index in [2.05, 4.69) is 4.90 Å². The predicted molar refractivity (Wildman–Crippen MR) is 138 cm³/mol. The Balaban J connectivity index is 1.25. The molecule has 1 saturated carbocycles. The van der Waals surface area contributed by atoms with Crippen LogP contribution in [0.2, 0.25) is 5.02 Å². The molecule has 1 unspecified atom stereocenters. The number of halogens is 5. The summed E-state index contributed by atoms with van der Waals surface area (Å²) in [5.74, 6) is -1.22. The van der Waals surface area contributed by atoms with Crippen LogP contribution in [0.15, 0.2) is 30.3 Å². The molecule has 2 aromatic carbocycles. The van der Waals surface area contributed by atoms with Gasteiger partial charge in [-0.05, 0) is 85.8 Å². The van der Waals surface area contributed by atoms with Crippen LogP contribution in [-0.4, -0.2) is 44.2 Å². The summed E-state index contributed by atoms with van der Waals surface area (Å²) < 4.78 is 85.2. The molecular weight excluding hydrogens is 560 g/mol. The van der Waals surface area contributed by atoms with Gasteiger partial charge in [-0.15, -0.1) is 0 Å². The second kappa shape index (κ2) is 10.6. The summed E-state index contributed by atoms with van der Waals surface area (Å²) in [4.78, 5) is 14.5. The molecule has 39 heavy (non-hydrogen) atoms. The van der Waals surface area contributed by atoms with E-state index in [1.54, 1.807) is 4.72 Å². The Morgan fingerprint density at radius 1 is 1.10 bits per heavy atom. The Labute approximate surface area is 229 Å². The van der Waals surface area contributed by atoms with E-state index in [4.69, 9.17) is 16.3 Å². The second-order valence-electron chi connectivity index (χ2n) is 10.9. The topological polar surface area (TPSA) is 75.7 Å². The summed E-state index contributed by atoms with van der Waals surface area (Å²) in [5, 5.41) is 0.316. The van der Waals surface area contributed by atoms with Crippen molar-refractivity contribution in [3.05, 3.63) is 63.4 Å². The van der Waals surface area contributed by atoms with Crippen molar-refractivity contribution < 1.29 is 35.5 Å². The average Bonchev–Trinajstić information content (AvgIpc) is 3.64. The summed E-state index contributed by atoms with van der Waals surface area (Å²) in [5.41, 5.74) is 0.0996. The van der Waals surface area contributed by atoms with Crippen molar-refractivity contribution in [3.63, 3.8) is 0 Å². The lowest BCUT2D eigenvalue weighted by molar-refractivity contribution is -0.137. The first-order chi connectivity index (χ1) is 18.3. The van der Waals surface area contributed by atoms with Gasteiger partial charge in [0.15, 0.2) is 0 Å². The van der Waals surface area contributed by atoms with Gasteiger partial charge in [0.2, 0.25) is 10.0 Å². The molecule has 12 heteroatoms. The zero-order valence-electron chi connectivity index (χ0n) is 21.2. The van der Waals surface area contributed by atoms with E-state index in [9.17, 15) is 30.8 Å². The van der Waals surface area contributed by atoms with Gasteiger partial charge in [-0.1, -0.05) is 11.6 Å². The van der Waals surface area contributed by atoms with Crippen LogP contribution in [0.25, 0.3) is 0 Å². The highest BCUT2D eigenvalue weighted by Crippen LogP contribution is 2.46. The highest BCUT2D eigenvalue weighted by molar-refractivity contribution is 7.89. The Morgan fingerprint density at radius 2 is 1.77 bits per heavy atom. The highest BCUT2D eigenvalue weighted by Gasteiger charge is 2.41. The minimum absolute atomic E-state index is 0.126. The van der Waals surface area contributed by atoms with Crippen molar-refractivity contribution in [1.29, 1.82) is 0 Å². The van der Waals surface area contributed by atoms with Crippen LogP contribution in [0.1, 0.15) is 71.5 Å². The fourth-order valence-corrected chi connectivity index (χ4v) is 6.49. The van der Waals surface area contributed by atoms with Gasteiger partial charge in [0, 0.05) is 29.7 Å². The molecule has 0 aromatic heterocycles. The van der Waals surface area contributed by atoms with Crippen molar-refractivity contribution in [2.75, 3.05) is 12.9 Å².